The molecule has 21 heavy (non-hydrogen) atoms. The lowest BCUT2D eigenvalue weighted by atomic mass is 10.1. The second-order valence-corrected chi connectivity index (χ2v) is 4.17. The van der Waals surface area contributed by atoms with E-state index in [1.54, 1.807) is 32.4 Å². The first-order chi connectivity index (χ1) is 10.1. The van der Waals surface area contributed by atoms with Gasteiger partial charge in [0.15, 0.2) is 0 Å². The van der Waals surface area contributed by atoms with Gasteiger partial charge in [-0.1, -0.05) is 0 Å². The highest BCUT2D eigenvalue weighted by Gasteiger charge is 2.15. The summed E-state index contributed by atoms with van der Waals surface area (Å²) in [6.07, 6.45) is 0. The summed E-state index contributed by atoms with van der Waals surface area (Å²) >= 11 is 0. The van der Waals surface area contributed by atoms with Crippen molar-refractivity contribution in [2.45, 2.75) is 0 Å². The number of nitrogens with one attached hydrogen (secondary N) is 1. The number of aromatic nitrogens is 1. The van der Waals surface area contributed by atoms with Crippen LogP contribution in [0.1, 0.15) is 0 Å². The largest absolute Gasteiger partial charge is 0.497 e. The first kappa shape index (κ1) is 14.6. The highest BCUT2D eigenvalue weighted by Crippen LogP contribution is 2.34. The fraction of sp³-hybridized carbons (Fsp3) is 0.214. The van der Waals surface area contributed by atoms with Crippen LogP contribution < -0.4 is 14.8 Å². The topological polar surface area (TPSA) is 86.5 Å². The summed E-state index contributed by atoms with van der Waals surface area (Å²) in [5.74, 6) is 1.58. The zero-order valence-electron chi connectivity index (χ0n) is 11.9. The lowest BCUT2D eigenvalue weighted by Crippen LogP contribution is -1.99. The van der Waals surface area contributed by atoms with Crippen LogP contribution in [0.5, 0.6) is 11.5 Å². The van der Waals surface area contributed by atoms with Crippen LogP contribution in [0.3, 0.4) is 0 Å². The zero-order chi connectivity index (χ0) is 15.4. The number of benzene rings is 1. The second-order valence-electron chi connectivity index (χ2n) is 4.17. The van der Waals surface area contributed by atoms with E-state index < -0.39 is 4.92 Å². The fourth-order valence-electron chi connectivity index (χ4n) is 1.90. The van der Waals surface area contributed by atoms with Crippen molar-refractivity contribution in [2.24, 2.45) is 0 Å². The molecule has 110 valence electrons. The molecule has 0 aliphatic heterocycles. The van der Waals surface area contributed by atoms with Gasteiger partial charge in [0, 0.05) is 18.7 Å². The monoisotopic (exact) mass is 289 g/mol. The standard InChI is InChI=1S/C14H15N3O4/c1-15-14-7-9(17(18)19)6-12(16-14)11-8-10(20-2)4-5-13(11)21-3/h4-8H,1-3H3,(H,15,16). The average molecular weight is 289 g/mol. The fourth-order valence-corrected chi connectivity index (χ4v) is 1.90. The number of pyridine rings is 1. The number of anilines is 1. The molecule has 7 nitrogen and oxygen atoms in total. The summed E-state index contributed by atoms with van der Waals surface area (Å²) in [5.41, 5.74) is 1.01. The Balaban J connectivity index is 2.64. The smallest absolute Gasteiger partial charge is 0.275 e. The molecule has 0 aliphatic carbocycles. The van der Waals surface area contributed by atoms with Gasteiger partial charge in [0.1, 0.15) is 17.3 Å². The van der Waals surface area contributed by atoms with E-state index in [-0.39, 0.29) is 5.69 Å². The maximum Gasteiger partial charge on any atom is 0.275 e. The molecular weight excluding hydrogens is 274 g/mol. The van der Waals surface area contributed by atoms with Crippen molar-refractivity contribution < 1.29 is 14.4 Å². The molecule has 0 unspecified atom stereocenters. The molecule has 0 bridgehead atoms. The lowest BCUT2D eigenvalue weighted by molar-refractivity contribution is -0.384. The molecule has 1 heterocycles. The van der Waals surface area contributed by atoms with Crippen LogP contribution in [-0.4, -0.2) is 31.2 Å². The van der Waals surface area contributed by atoms with Gasteiger partial charge in [-0.15, -0.1) is 0 Å². The predicted octanol–water partition coefficient (Wildman–Crippen LogP) is 2.72. The van der Waals surface area contributed by atoms with E-state index in [2.05, 4.69) is 10.3 Å². The minimum Gasteiger partial charge on any atom is -0.497 e. The predicted molar refractivity (Wildman–Crippen MR) is 79.0 cm³/mol. The molecule has 0 atom stereocenters. The third-order valence-corrected chi connectivity index (χ3v) is 2.96. The Kier molecular flexibility index (Phi) is 4.22. The van der Waals surface area contributed by atoms with Crippen molar-refractivity contribution in [3.05, 3.63) is 40.4 Å². The summed E-state index contributed by atoms with van der Waals surface area (Å²) in [4.78, 5) is 14.9. The van der Waals surface area contributed by atoms with Crippen LogP contribution in [0.15, 0.2) is 30.3 Å². The first-order valence-electron chi connectivity index (χ1n) is 6.15. The molecule has 1 N–H and O–H groups in total. The molecule has 7 heteroatoms. The van der Waals surface area contributed by atoms with E-state index >= 15 is 0 Å². The molecule has 0 amide bonds. The molecule has 2 aromatic rings. The highest BCUT2D eigenvalue weighted by atomic mass is 16.6. The van der Waals surface area contributed by atoms with Gasteiger partial charge in [0.05, 0.1) is 30.9 Å². The van der Waals surface area contributed by atoms with Gasteiger partial charge < -0.3 is 14.8 Å². The Morgan fingerprint density at radius 2 is 1.95 bits per heavy atom. The van der Waals surface area contributed by atoms with Crippen LogP contribution in [0.4, 0.5) is 11.5 Å². The van der Waals surface area contributed by atoms with E-state index in [9.17, 15) is 10.1 Å². The third-order valence-electron chi connectivity index (χ3n) is 2.96. The maximum atomic E-state index is 11.0. The summed E-state index contributed by atoms with van der Waals surface area (Å²) in [7, 11) is 4.73. The number of nitrogens with zero attached hydrogens (tertiary/aromatic N) is 2. The molecule has 0 spiro atoms. The zero-order valence-corrected chi connectivity index (χ0v) is 11.9. The molecule has 0 aliphatic rings. The molecule has 0 fully saturated rings. The van der Waals surface area contributed by atoms with Crippen LogP contribution >= 0.6 is 0 Å². The Bertz CT molecular complexity index is 673. The molecule has 2 rings (SSSR count). The summed E-state index contributed by atoms with van der Waals surface area (Å²) in [6, 6.07) is 7.98. The van der Waals surface area contributed by atoms with E-state index in [0.29, 0.717) is 28.6 Å². The van der Waals surface area contributed by atoms with Crippen LogP contribution in [0.25, 0.3) is 11.3 Å². The van der Waals surface area contributed by atoms with Gasteiger partial charge in [0.2, 0.25) is 0 Å². The number of hydrogen-bond acceptors (Lipinski definition) is 6. The van der Waals surface area contributed by atoms with Crippen LogP contribution in [0.2, 0.25) is 0 Å². The Labute approximate surface area is 121 Å². The number of ether oxygens (including phenoxy) is 2. The molecule has 1 aromatic heterocycles. The Hall–Kier alpha value is -2.83. The third kappa shape index (κ3) is 3.02. The van der Waals surface area contributed by atoms with Crippen molar-refractivity contribution in [1.29, 1.82) is 0 Å². The first-order valence-corrected chi connectivity index (χ1v) is 6.15. The average Bonchev–Trinajstić information content (AvgIpc) is 2.53. The van der Waals surface area contributed by atoms with Gasteiger partial charge in [-0.05, 0) is 18.2 Å². The minimum atomic E-state index is -0.460. The van der Waals surface area contributed by atoms with Crippen LogP contribution in [-0.2, 0) is 0 Å². The van der Waals surface area contributed by atoms with Gasteiger partial charge in [0.25, 0.3) is 5.69 Å². The quantitative estimate of drug-likeness (QED) is 0.672. The van der Waals surface area contributed by atoms with Gasteiger partial charge >= 0.3 is 0 Å². The normalized spacial score (nSPS) is 10.0. The SMILES string of the molecule is CNc1cc([N+](=O)[O-])cc(-c2cc(OC)ccc2OC)n1. The van der Waals surface area contributed by atoms with Crippen molar-refractivity contribution in [3.8, 4) is 22.8 Å². The summed E-state index contributed by atoms with van der Waals surface area (Å²) < 4.78 is 10.5. The summed E-state index contributed by atoms with van der Waals surface area (Å²) in [5, 5.41) is 13.8. The van der Waals surface area contributed by atoms with Crippen molar-refractivity contribution in [2.75, 3.05) is 26.6 Å². The van der Waals surface area contributed by atoms with E-state index in [1.165, 1.54) is 19.2 Å². The van der Waals surface area contributed by atoms with Gasteiger partial charge in [-0.2, -0.15) is 0 Å². The van der Waals surface area contributed by atoms with E-state index in [1.807, 2.05) is 0 Å². The molecule has 0 saturated carbocycles. The number of hydrogen-bond donors (Lipinski definition) is 1. The Morgan fingerprint density at radius 1 is 1.19 bits per heavy atom. The van der Waals surface area contributed by atoms with E-state index in [4.69, 9.17) is 9.47 Å². The van der Waals surface area contributed by atoms with E-state index in [0.717, 1.165) is 0 Å². The minimum absolute atomic E-state index is 0.0470. The van der Waals surface area contributed by atoms with Crippen molar-refractivity contribution in [1.82, 2.24) is 4.98 Å². The molecule has 0 saturated heterocycles. The number of rotatable bonds is 5. The van der Waals surface area contributed by atoms with Gasteiger partial charge in [-0.3, -0.25) is 10.1 Å². The molecule has 0 radical (unpaired) electrons. The van der Waals surface area contributed by atoms with Crippen LogP contribution in [0, 0.1) is 10.1 Å². The lowest BCUT2D eigenvalue weighted by Gasteiger charge is -2.11. The second kappa shape index (κ2) is 6.08. The number of nitro groups is 1. The van der Waals surface area contributed by atoms with Gasteiger partial charge in [-0.25, -0.2) is 4.98 Å². The molecule has 1 aromatic carbocycles. The van der Waals surface area contributed by atoms with Crippen molar-refractivity contribution >= 4 is 11.5 Å². The Morgan fingerprint density at radius 3 is 2.52 bits per heavy atom. The summed E-state index contributed by atoms with van der Waals surface area (Å²) in [6.45, 7) is 0. The van der Waals surface area contributed by atoms with Crippen molar-refractivity contribution in [3.63, 3.8) is 0 Å². The maximum absolute atomic E-state index is 11.0. The molecular formula is C14H15N3O4. The highest BCUT2D eigenvalue weighted by molar-refractivity contribution is 5.72. The number of methoxy groups -OCH3 is 2.